The molecule has 0 unspecified atom stereocenters. The van der Waals surface area contributed by atoms with Gasteiger partial charge in [0.15, 0.2) is 15.6 Å². The second-order valence-corrected chi connectivity index (χ2v) is 18.7. The first kappa shape index (κ1) is 25.0. The maximum atomic E-state index is 12.8. The Balaban J connectivity index is 2.02. The molecule has 30 heavy (non-hydrogen) atoms. The fourth-order valence-corrected chi connectivity index (χ4v) is 4.59. The summed E-state index contributed by atoms with van der Waals surface area (Å²) in [6.07, 6.45) is 6.87. The van der Waals surface area contributed by atoms with Gasteiger partial charge in [-0.1, -0.05) is 53.4 Å². The molecular formula is C22H41N3O3Si2. The summed E-state index contributed by atoms with van der Waals surface area (Å²) in [5, 5.41) is 0.289. The van der Waals surface area contributed by atoms with Crippen LogP contribution < -0.4 is 10.5 Å². The van der Waals surface area contributed by atoms with Gasteiger partial charge < -0.3 is 14.1 Å². The zero-order chi connectivity index (χ0) is 22.4. The molecule has 6 nitrogen and oxygen atoms in total. The molecule has 1 aliphatic heterocycles. The van der Waals surface area contributed by atoms with E-state index in [2.05, 4.69) is 52.3 Å². The van der Waals surface area contributed by atoms with Crippen LogP contribution in [0, 0.1) is 5.92 Å². The molecule has 170 valence electrons. The van der Waals surface area contributed by atoms with Gasteiger partial charge in [-0.2, -0.15) is 0 Å². The Morgan fingerprint density at radius 2 is 2.00 bits per heavy atom. The van der Waals surface area contributed by atoms with Crippen LogP contribution in [0.3, 0.4) is 0 Å². The Morgan fingerprint density at radius 3 is 2.57 bits per heavy atom. The van der Waals surface area contributed by atoms with E-state index in [1.807, 2.05) is 17.1 Å². The Morgan fingerprint density at radius 1 is 1.30 bits per heavy atom. The smallest absolute Gasteiger partial charge is 0.295 e. The highest BCUT2D eigenvalue weighted by Crippen LogP contribution is 2.32. The normalized spacial score (nSPS) is 15.7. The van der Waals surface area contributed by atoms with Gasteiger partial charge in [0.05, 0.1) is 12.3 Å². The Hall–Kier alpha value is -1.23. The molecular weight excluding hydrogens is 410 g/mol. The molecule has 0 radical (unpaired) electrons. The van der Waals surface area contributed by atoms with E-state index in [0.29, 0.717) is 24.9 Å². The Kier molecular flexibility index (Phi) is 9.08. The first-order valence-electron chi connectivity index (χ1n) is 11.2. The molecule has 0 saturated carbocycles. The van der Waals surface area contributed by atoms with Crippen LogP contribution >= 0.6 is 0 Å². The maximum Gasteiger partial charge on any atom is 0.295 e. The molecule has 0 atom stereocenters. The molecule has 2 rings (SSSR count). The van der Waals surface area contributed by atoms with Crippen molar-refractivity contribution < 1.29 is 9.16 Å². The molecule has 1 aromatic heterocycles. The lowest BCUT2D eigenvalue weighted by Crippen LogP contribution is -2.42. The zero-order valence-corrected chi connectivity index (χ0v) is 22.4. The van der Waals surface area contributed by atoms with Gasteiger partial charge >= 0.3 is 0 Å². The summed E-state index contributed by atoms with van der Waals surface area (Å²) in [4.78, 5) is 19.5. The second-order valence-electron chi connectivity index (χ2n) is 10.5. The lowest BCUT2D eigenvalue weighted by atomic mass is 9.99. The molecule has 0 amide bonds. The van der Waals surface area contributed by atoms with Crippen LogP contribution in [0.1, 0.15) is 39.8 Å². The summed E-state index contributed by atoms with van der Waals surface area (Å²) in [5.41, 5.74) is 0.709. The number of nitrogens with zero attached hydrogens (tertiary/aromatic N) is 3. The van der Waals surface area contributed by atoms with E-state index in [0.717, 1.165) is 31.2 Å². The van der Waals surface area contributed by atoms with Gasteiger partial charge in [-0.25, -0.2) is 4.98 Å². The number of anilines is 1. The molecule has 1 aliphatic rings. The predicted molar refractivity (Wildman–Crippen MR) is 132 cm³/mol. The van der Waals surface area contributed by atoms with Crippen LogP contribution in [0.2, 0.25) is 30.7 Å². The molecule has 1 fully saturated rings. The summed E-state index contributed by atoms with van der Waals surface area (Å²) in [6, 6.07) is 1.09. The lowest BCUT2D eigenvalue weighted by Gasteiger charge is -2.31. The van der Waals surface area contributed by atoms with Crippen molar-refractivity contribution in [2.75, 3.05) is 31.2 Å². The van der Waals surface area contributed by atoms with Crippen molar-refractivity contribution in [2.45, 2.75) is 71.6 Å². The number of rotatable bonds is 12. The minimum Gasteiger partial charge on any atom is -0.420 e. The minimum absolute atomic E-state index is 0.0674. The summed E-state index contributed by atoms with van der Waals surface area (Å²) in [6.45, 7) is 19.4. The molecule has 1 saturated heterocycles. The monoisotopic (exact) mass is 451 g/mol. The van der Waals surface area contributed by atoms with Gasteiger partial charge in [-0.15, -0.1) is 0 Å². The predicted octanol–water partition coefficient (Wildman–Crippen LogP) is 3.73. The highest BCUT2D eigenvalue weighted by Gasteiger charge is 2.23. The van der Waals surface area contributed by atoms with Gasteiger partial charge in [-0.3, -0.25) is 9.36 Å². The van der Waals surface area contributed by atoms with Crippen LogP contribution in [-0.4, -0.2) is 53.7 Å². The Bertz CT molecular complexity index is 766. The SMILES string of the molecule is CC(C)C(C)(C)[SiH2]OC/C=C/c1cn(COCC[Si](C)(C)C)c(=O)c(N2CCC2)n1. The van der Waals surface area contributed by atoms with Crippen molar-refractivity contribution in [3.63, 3.8) is 0 Å². The van der Waals surface area contributed by atoms with Crippen molar-refractivity contribution in [1.82, 2.24) is 9.55 Å². The number of aromatic nitrogens is 2. The zero-order valence-electron chi connectivity index (χ0n) is 20.0. The van der Waals surface area contributed by atoms with E-state index in [9.17, 15) is 4.79 Å². The van der Waals surface area contributed by atoms with Crippen molar-refractivity contribution in [3.05, 3.63) is 28.3 Å². The van der Waals surface area contributed by atoms with E-state index in [4.69, 9.17) is 9.16 Å². The van der Waals surface area contributed by atoms with Crippen LogP contribution in [-0.2, 0) is 15.9 Å². The molecule has 0 aliphatic carbocycles. The lowest BCUT2D eigenvalue weighted by molar-refractivity contribution is 0.0845. The van der Waals surface area contributed by atoms with E-state index in [1.54, 1.807) is 10.8 Å². The van der Waals surface area contributed by atoms with Crippen LogP contribution in [0.4, 0.5) is 5.82 Å². The molecule has 0 N–H and O–H groups in total. The highest BCUT2D eigenvalue weighted by molar-refractivity contribution is 6.76. The van der Waals surface area contributed by atoms with E-state index >= 15 is 0 Å². The van der Waals surface area contributed by atoms with Gasteiger partial charge in [-0.05, 0) is 29.5 Å². The van der Waals surface area contributed by atoms with Crippen LogP contribution in [0.15, 0.2) is 17.1 Å². The summed E-state index contributed by atoms with van der Waals surface area (Å²) in [7, 11) is -1.76. The largest absolute Gasteiger partial charge is 0.420 e. The van der Waals surface area contributed by atoms with Crippen molar-refractivity contribution in [1.29, 1.82) is 0 Å². The standard InChI is InChI=1S/C22H41N3O3Si2/c1-18(2)22(3,4)29-28-13-8-10-19-16-25(17-27-14-15-30(5,6)7)21(26)20(23-19)24-11-9-12-24/h8,10,16,18H,9,11-15,17,29H2,1-7H3/b10-8+. The average Bonchev–Trinajstić information content (AvgIpc) is 2.59. The van der Waals surface area contributed by atoms with Gasteiger partial charge in [0, 0.05) is 34.0 Å². The van der Waals surface area contributed by atoms with E-state index in [1.165, 1.54) is 0 Å². The van der Waals surface area contributed by atoms with Crippen molar-refractivity contribution >= 4 is 29.7 Å². The number of ether oxygens (including phenoxy) is 1. The molecule has 1 aromatic rings. The Labute approximate surface area is 185 Å². The fourth-order valence-electron chi connectivity index (χ4n) is 2.72. The number of hydrogen-bond acceptors (Lipinski definition) is 5. The topological polar surface area (TPSA) is 56.6 Å². The van der Waals surface area contributed by atoms with Crippen molar-refractivity contribution in [2.24, 2.45) is 5.92 Å². The van der Waals surface area contributed by atoms with Crippen molar-refractivity contribution in [3.8, 4) is 0 Å². The summed E-state index contributed by atoms with van der Waals surface area (Å²) in [5.74, 6) is 1.16. The molecule has 0 aromatic carbocycles. The fraction of sp³-hybridized carbons (Fsp3) is 0.727. The quantitative estimate of drug-likeness (QED) is 0.358. The number of hydrogen-bond donors (Lipinski definition) is 0. The molecule has 8 heteroatoms. The third-order valence-corrected chi connectivity index (χ3v) is 9.60. The van der Waals surface area contributed by atoms with Gasteiger partial charge in [0.25, 0.3) is 5.56 Å². The third-order valence-electron chi connectivity index (χ3n) is 5.90. The van der Waals surface area contributed by atoms with E-state index < -0.39 is 17.8 Å². The van der Waals surface area contributed by atoms with Gasteiger partial charge in [0.2, 0.25) is 0 Å². The third kappa shape index (κ3) is 7.79. The molecule has 2 heterocycles. The first-order valence-corrected chi connectivity index (χ1v) is 16.2. The summed E-state index contributed by atoms with van der Waals surface area (Å²) >= 11 is 0. The van der Waals surface area contributed by atoms with Crippen LogP contribution in [0.25, 0.3) is 6.08 Å². The highest BCUT2D eigenvalue weighted by atomic mass is 28.3. The maximum absolute atomic E-state index is 12.8. The minimum atomic E-state index is -1.15. The second kappa shape index (κ2) is 10.9. The molecule has 0 spiro atoms. The van der Waals surface area contributed by atoms with Crippen LogP contribution in [0.5, 0.6) is 0 Å². The van der Waals surface area contributed by atoms with Gasteiger partial charge in [0.1, 0.15) is 6.73 Å². The van der Waals surface area contributed by atoms with E-state index in [-0.39, 0.29) is 17.3 Å². The molecule has 0 bridgehead atoms. The average molecular weight is 452 g/mol. The summed E-state index contributed by atoms with van der Waals surface area (Å²) < 4.78 is 13.5. The first-order chi connectivity index (χ1) is 14.0.